The van der Waals surface area contributed by atoms with Crippen LogP contribution in [0.4, 0.5) is 0 Å². The summed E-state index contributed by atoms with van der Waals surface area (Å²) in [5.74, 6) is 0.191. The fourth-order valence-electron chi connectivity index (χ4n) is 2.48. The summed E-state index contributed by atoms with van der Waals surface area (Å²) in [6.07, 6.45) is 4.11. The summed E-state index contributed by atoms with van der Waals surface area (Å²) >= 11 is 0. The lowest BCUT2D eigenvalue weighted by Crippen LogP contribution is -2.42. The first-order valence-electron chi connectivity index (χ1n) is 6.20. The largest absolute Gasteiger partial charge is 0.333 e. The minimum Gasteiger partial charge on any atom is -0.333 e. The molecule has 1 aliphatic rings. The molecule has 0 bridgehead atoms. The Kier molecular flexibility index (Phi) is 3.74. The summed E-state index contributed by atoms with van der Waals surface area (Å²) in [6.45, 7) is 2.68. The van der Waals surface area contributed by atoms with Crippen LogP contribution in [0.25, 0.3) is 0 Å². The van der Waals surface area contributed by atoms with Crippen molar-refractivity contribution in [3.63, 3.8) is 0 Å². The van der Waals surface area contributed by atoms with Gasteiger partial charge in [-0.3, -0.25) is 9.78 Å². The molecule has 92 valence electrons. The molecule has 4 heteroatoms. The first kappa shape index (κ1) is 12.0. The molecule has 1 saturated heterocycles. The lowest BCUT2D eigenvalue weighted by Gasteiger charge is -2.32. The zero-order valence-electron chi connectivity index (χ0n) is 10.2. The second kappa shape index (κ2) is 5.27. The first-order chi connectivity index (χ1) is 8.24. The summed E-state index contributed by atoms with van der Waals surface area (Å²) in [5, 5.41) is 0. The van der Waals surface area contributed by atoms with Crippen LogP contribution in [-0.2, 0) is 4.79 Å². The van der Waals surface area contributed by atoms with E-state index in [2.05, 4.69) is 4.98 Å². The molecule has 1 aromatic heterocycles. The zero-order valence-corrected chi connectivity index (χ0v) is 10.2. The Balaban J connectivity index is 2.34. The maximum Gasteiger partial charge on any atom is 0.223 e. The highest BCUT2D eigenvalue weighted by molar-refractivity contribution is 5.77. The Morgan fingerprint density at radius 2 is 2.35 bits per heavy atom. The molecule has 2 atom stereocenters. The van der Waals surface area contributed by atoms with E-state index in [1.54, 1.807) is 6.20 Å². The van der Waals surface area contributed by atoms with Crippen molar-refractivity contribution < 1.29 is 4.79 Å². The lowest BCUT2D eigenvalue weighted by molar-refractivity contribution is -0.133. The number of hydrogen-bond donors (Lipinski definition) is 1. The van der Waals surface area contributed by atoms with Crippen molar-refractivity contribution in [1.29, 1.82) is 0 Å². The number of aromatic nitrogens is 1. The van der Waals surface area contributed by atoms with Crippen molar-refractivity contribution in [3.05, 3.63) is 30.1 Å². The monoisotopic (exact) mass is 233 g/mol. The standard InChI is InChI=1S/C13H19N3O/c1-2-16-12(17)8-5-6-10(14)13(16)11-7-3-4-9-15-11/h3-4,7,9-10,13H,2,5-6,8,14H2,1H3. The number of carbonyl (C=O) groups is 1. The van der Waals surface area contributed by atoms with E-state index >= 15 is 0 Å². The first-order valence-corrected chi connectivity index (χ1v) is 6.20. The molecule has 0 spiro atoms. The summed E-state index contributed by atoms with van der Waals surface area (Å²) in [6, 6.07) is 5.68. The van der Waals surface area contributed by atoms with E-state index in [1.807, 2.05) is 30.0 Å². The molecule has 17 heavy (non-hydrogen) atoms. The molecule has 4 nitrogen and oxygen atoms in total. The molecule has 0 saturated carbocycles. The Hall–Kier alpha value is -1.42. The average molecular weight is 233 g/mol. The predicted molar refractivity (Wildman–Crippen MR) is 66.2 cm³/mol. The molecule has 1 amide bonds. The highest BCUT2D eigenvalue weighted by atomic mass is 16.2. The van der Waals surface area contributed by atoms with Crippen LogP contribution in [0, 0.1) is 0 Å². The molecule has 2 unspecified atom stereocenters. The summed E-state index contributed by atoms with van der Waals surface area (Å²) in [4.78, 5) is 18.2. The fourth-order valence-corrected chi connectivity index (χ4v) is 2.48. The van der Waals surface area contributed by atoms with Crippen LogP contribution in [0.1, 0.15) is 37.9 Å². The van der Waals surface area contributed by atoms with Gasteiger partial charge in [-0.25, -0.2) is 0 Å². The summed E-state index contributed by atoms with van der Waals surface area (Å²) in [7, 11) is 0. The van der Waals surface area contributed by atoms with E-state index in [4.69, 9.17) is 5.73 Å². The van der Waals surface area contributed by atoms with Crippen molar-refractivity contribution in [2.45, 2.75) is 38.3 Å². The van der Waals surface area contributed by atoms with Gasteiger partial charge in [-0.1, -0.05) is 6.07 Å². The SMILES string of the molecule is CCN1C(=O)CCCC(N)C1c1ccccn1. The number of pyridine rings is 1. The Morgan fingerprint density at radius 1 is 1.53 bits per heavy atom. The van der Waals surface area contributed by atoms with Crippen LogP contribution in [0.2, 0.25) is 0 Å². The smallest absolute Gasteiger partial charge is 0.223 e. The van der Waals surface area contributed by atoms with E-state index in [-0.39, 0.29) is 18.0 Å². The van der Waals surface area contributed by atoms with Crippen molar-refractivity contribution >= 4 is 5.91 Å². The fraction of sp³-hybridized carbons (Fsp3) is 0.538. The molecular formula is C13H19N3O. The van der Waals surface area contributed by atoms with E-state index < -0.39 is 0 Å². The van der Waals surface area contributed by atoms with E-state index in [0.717, 1.165) is 18.5 Å². The molecule has 2 rings (SSSR count). The van der Waals surface area contributed by atoms with Gasteiger partial charge in [0.25, 0.3) is 0 Å². The number of likely N-dealkylation sites (tertiary alicyclic amines) is 1. The maximum absolute atomic E-state index is 12.0. The van der Waals surface area contributed by atoms with Crippen molar-refractivity contribution in [2.24, 2.45) is 5.73 Å². The van der Waals surface area contributed by atoms with Crippen LogP contribution in [0.15, 0.2) is 24.4 Å². The second-order valence-corrected chi connectivity index (χ2v) is 4.44. The highest BCUT2D eigenvalue weighted by Gasteiger charge is 2.32. The average Bonchev–Trinajstić information content (AvgIpc) is 2.49. The molecule has 0 aromatic carbocycles. The number of hydrogen-bond acceptors (Lipinski definition) is 3. The molecule has 1 aromatic rings. The molecule has 1 fully saturated rings. The van der Waals surface area contributed by atoms with Gasteiger partial charge in [0.2, 0.25) is 5.91 Å². The lowest BCUT2D eigenvalue weighted by atomic mass is 10.0. The van der Waals surface area contributed by atoms with E-state index in [0.29, 0.717) is 13.0 Å². The summed E-state index contributed by atoms with van der Waals surface area (Å²) < 4.78 is 0. The summed E-state index contributed by atoms with van der Waals surface area (Å²) in [5.41, 5.74) is 7.11. The number of nitrogens with two attached hydrogens (primary N) is 1. The van der Waals surface area contributed by atoms with Crippen LogP contribution in [0.3, 0.4) is 0 Å². The van der Waals surface area contributed by atoms with Gasteiger partial charge in [0.15, 0.2) is 0 Å². The molecule has 2 heterocycles. The van der Waals surface area contributed by atoms with Crippen LogP contribution < -0.4 is 5.73 Å². The van der Waals surface area contributed by atoms with Crippen LogP contribution in [-0.4, -0.2) is 28.4 Å². The Bertz CT molecular complexity index is 380. The van der Waals surface area contributed by atoms with Crippen LogP contribution >= 0.6 is 0 Å². The number of carbonyl (C=O) groups excluding carboxylic acids is 1. The van der Waals surface area contributed by atoms with Gasteiger partial charge >= 0.3 is 0 Å². The minimum atomic E-state index is -0.0730. The normalized spacial score (nSPS) is 25.8. The van der Waals surface area contributed by atoms with Gasteiger partial charge in [0, 0.05) is 25.2 Å². The topological polar surface area (TPSA) is 59.2 Å². The van der Waals surface area contributed by atoms with Gasteiger partial charge in [0.05, 0.1) is 11.7 Å². The number of rotatable bonds is 2. The predicted octanol–water partition coefficient (Wildman–Crippen LogP) is 1.48. The quantitative estimate of drug-likeness (QED) is 0.841. The zero-order chi connectivity index (χ0) is 12.3. The third-order valence-electron chi connectivity index (χ3n) is 3.32. The van der Waals surface area contributed by atoms with Gasteiger partial charge in [-0.15, -0.1) is 0 Å². The van der Waals surface area contributed by atoms with Crippen molar-refractivity contribution in [1.82, 2.24) is 9.88 Å². The molecule has 1 aliphatic heterocycles. The Morgan fingerprint density at radius 3 is 3.00 bits per heavy atom. The Labute approximate surface area is 102 Å². The highest BCUT2D eigenvalue weighted by Crippen LogP contribution is 2.28. The molecule has 2 N–H and O–H groups in total. The maximum atomic E-state index is 12.0. The molecule has 0 aliphatic carbocycles. The molecular weight excluding hydrogens is 214 g/mol. The van der Waals surface area contributed by atoms with Crippen molar-refractivity contribution in [2.75, 3.05) is 6.54 Å². The molecule has 0 radical (unpaired) electrons. The third kappa shape index (κ3) is 2.47. The van der Waals surface area contributed by atoms with Crippen LogP contribution in [0.5, 0.6) is 0 Å². The van der Waals surface area contributed by atoms with Gasteiger partial charge in [-0.2, -0.15) is 0 Å². The third-order valence-corrected chi connectivity index (χ3v) is 3.32. The minimum absolute atomic E-state index is 0.0173. The van der Waals surface area contributed by atoms with Gasteiger partial charge < -0.3 is 10.6 Å². The van der Waals surface area contributed by atoms with E-state index in [1.165, 1.54) is 0 Å². The number of likely N-dealkylation sites (N-methyl/N-ethyl adjacent to an activating group) is 1. The van der Waals surface area contributed by atoms with E-state index in [9.17, 15) is 4.79 Å². The second-order valence-electron chi connectivity index (χ2n) is 4.44. The van der Waals surface area contributed by atoms with Gasteiger partial charge in [-0.05, 0) is 31.9 Å². The number of amides is 1. The van der Waals surface area contributed by atoms with Crippen molar-refractivity contribution in [3.8, 4) is 0 Å². The number of nitrogens with zero attached hydrogens (tertiary/aromatic N) is 2. The van der Waals surface area contributed by atoms with Gasteiger partial charge in [0.1, 0.15) is 0 Å².